The number of carbonyl (C=O) groups is 2. The molecule has 0 fully saturated rings. The molecule has 0 saturated carbocycles. The van der Waals surface area contributed by atoms with Crippen molar-refractivity contribution < 1.29 is 19.1 Å². The van der Waals surface area contributed by atoms with Gasteiger partial charge in [-0.2, -0.15) is 0 Å². The number of nitrogens with zero attached hydrogens (tertiary/aromatic N) is 1. The van der Waals surface area contributed by atoms with Gasteiger partial charge < -0.3 is 15.2 Å². The average molecular weight is 280 g/mol. The number of anilines is 1. The maximum Gasteiger partial charge on any atom is 0.359 e. The van der Waals surface area contributed by atoms with Crippen molar-refractivity contribution in [3.63, 3.8) is 0 Å². The fraction of sp³-hybridized carbons (Fsp3) is 0.500. The number of nitrogen functional groups attached to an aromatic ring is 1. The lowest BCUT2D eigenvalue weighted by molar-refractivity contribution is -0.142. The first-order chi connectivity index (χ1) is 9.24. The van der Waals surface area contributed by atoms with Crippen molar-refractivity contribution in [3.8, 4) is 0 Å². The van der Waals surface area contributed by atoms with E-state index < -0.39 is 17.5 Å². The Hall–Kier alpha value is -2.11. The van der Waals surface area contributed by atoms with E-state index in [1.165, 1.54) is 6.20 Å². The Bertz CT molecular complexity index is 506. The molecule has 1 rings (SSSR count). The van der Waals surface area contributed by atoms with Crippen molar-refractivity contribution in [2.24, 2.45) is 0 Å². The Morgan fingerprint density at radius 2 is 2.00 bits per heavy atom. The monoisotopic (exact) mass is 280 g/mol. The molecule has 20 heavy (non-hydrogen) atoms. The molecule has 0 atom stereocenters. The van der Waals surface area contributed by atoms with Gasteiger partial charge in [-0.25, -0.2) is 9.78 Å². The molecule has 0 aliphatic heterocycles. The number of nitrogens with two attached hydrogens (primary N) is 1. The predicted octanol–water partition coefficient (Wildman–Crippen LogP) is 1.72. The van der Waals surface area contributed by atoms with Gasteiger partial charge in [-0.3, -0.25) is 4.79 Å². The highest BCUT2D eigenvalue weighted by Gasteiger charge is 2.22. The Kier molecular flexibility index (Phi) is 5.07. The van der Waals surface area contributed by atoms with E-state index in [1.54, 1.807) is 33.8 Å². The molecular weight excluding hydrogens is 260 g/mol. The van der Waals surface area contributed by atoms with Crippen molar-refractivity contribution in [3.05, 3.63) is 23.5 Å². The van der Waals surface area contributed by atoms with Crippen LogP contribution in [0, 0.1) is 0 Å². The summed E-state index contributed by atoms with van der Waals surface area (Å²) in [7, 11) is 0. The zero-order valence-electron chi connectivity index (χ0n) is 12.2. The highest BCUT2D eigenvalue weighted by atomic mass is 16.6. The number of esters is 2. The van der Waals surface area contributed by atoms with Gasteiger partial charge in [0.05, 0.1) is 18.7 Å². The Morgan fingerprint density at radius 3 is 2.55 bits per heavy atom. The molecule has 1 aromatic heterocycles. The molecule has 0 bridgehead atoms. The molecule has 0 unspecified atom stereocenters. The van der Waals surface area contributed by atoms with Gasteiger partial charge >= 0.3 is 11.9 Å². The van der Waals surface area contributed by atoms with E-state index in [2.05, 4.69) is 4.98 Å². The van der Waals surface area contributed by atoms with Gasteiger partial charge in [-0.05, 0) is 39.3 Å². The van der Waals surface area contributed by atoms with Gasteiger partial charge in [0, 0.05) is 6.20 Å². The smallest absolute Gasteiger partial charge is 0.359 e. The molecule has 0 aliphatic carbocycles. The van der Waals surface area contributed by atoms with Crippen LogP contribution >= 0.6 is 0 Å². The van der Waals surface area contributed by atoms with Crippen molar-refractivity contribution in [2.45, 2.75) is 39.7 Å². The van der Waals surface area contributed by atoms with Crippen LogP contribution in [0.15, 0.2) is 12.3 Å². The van der Waals surface area contributed by atoms with Crippen molar-refractivity contribution in [1.29, 1.82) is 0 Å². The Balaban J connectivity index is 2.95. The van der Waals surface area contributed by atoms with E-state index in [0.717, 1.165) is 0 Å². The van der Waals surface area contributed by atoms with Crippen LogP contribution in [0.1, 0.15) is 43.7 Å². The SMILES string of the molecule is CCOC(=O)Cc1ccnc(C(=O)OC(C)(C)C)c1N. The summed E-state index contributed by atoms with van der Waals surface area (Å²) in [6, 6.07) is 1.58. The molecule has 0 spiro atoms. The number of pyridine rings is 1. The first-order valence-corrected chi connectivity index (χ1v) is 6.37. The van der Waals surface area contributed by atoms with Crippen LogP contribution in [0.4, 0.5) is 5.69 Å². The van der Waals surface area contributed by atoms with Gasteiger partial charge in [0.1, 0.15) is 5.60 Å². The van der Waals surface area contributed by atoms with Gasteiger partial charge in [-0.1, -0.05) is 0 Å². The minimum absolute atomic E-state index is 0.00199. The highest BCUT2D eigenvalue weighted by molar-refractivity contribution is 5.94. The summed E-state index contributed by atoms with van der Waals surface area (Å²) in [6.45, 7) is 7.28. The lowest BCUT2D eigenvalue weighted by Gasteiger charge is -2.20. The van der Waals surface area contributed by atoms with E-state index in [1.807, 2.05) is 0 Å². The van der Waals surface area contributed by atoms with Gasteiger partial charge in [0.15, 0.2) is 5.69 Å². The molecule has 6 nitrogen and oxygen atoms in total. The third-order valence-electron chi connectivity index (χ3n) is 2.31. The number of aromatic nitrogens is 1. The standard InChI is InChI=1S/C14H20N2O4/c1-5-19-10(17)8-9-6-7-16-12(11(9)15)13(18)20-14(2,3)4/h6-7H,5,8,15H2,1-4H3. The summed E-state index contributed by atoms with van der Waals surface area (Å²) in [5.74, 6) is -1.01. The fourth-order valence-electron chi connectivity index (χ4n) is 1.52. The summed E-state index contributed by atoms with van der Waals surface area (Å²) < 4.78 is 10.1. The molecule has 0 amide bonds. The molecule has 6 heteroatoms. The fourth-order valence-corrected chi connectivity index (χ4v) is 1.52. The van der Waals surface area contributed by atoms with Gasteiger partial charge in [0.25, 0.3) is 0 Å². The van der Waals surface area contributed by atoms with Crippen LogP contribution in [-0.4, -0.2) is 29.1 Å². The number of ether oxygens (including phenoxy) is 2. The molecule has 2 N–H and O–H groups in total. The van der Waals surface area contributed by atoms with Crippen LogP contribution in [0.25, 0.3) is 0 Å². The van der Waals surface area contributed by atoms with Crippen molar-refractivity contribution in [1.82, 2.24) is 4.98 Å². The van der Waals surface area contributed by atoms with Crippen LogP contribution < -0.4 is 5.73 Å². The second kappa shape index (κ2) is 6.36. The van der Waals surface area contributed by atoms with Crippen LogP contribution in [-0.2, 0) is 20.7 Å². The Labute approximate surface area is 118 Å². The van der Waals surface area contributed by atoms with Crippen molar-refractivity contribution >= 4 is 17.6 Å². The topological polar surface area (TPSA) is 91.5 Å². The van der Waals surface area contributed by atoms with Gasteiger partial charge in [-0.15, -0.1) is 0 Å². The molecule has 0 saturated heterocycles. The number of carbonyl (C=O) groups excluding carboxylic acids is 2. The summed E-state index contributed by atoms with van der Waals surface area (Å²) in [5.41, 5.74) is 5.90. The minimum atomic E-state index is -0.637. The zero-order valence-corrected chi connectivity index (χ0v) is 12.2. The first-order valence-electron chi connectivity index (χ1n) is 6.37. The quantitative estimate of drug-likeness (QED) is 0.844. The van der Waals surface area contributed by atoms with Gasteiger partial charge in [0.2, 0.25) is 0 Å². The summed E-state index contributed by atoms with van der Waals surface area (Å²) in [6.07, 6.45) is 1.42. The zero-order chi connectivity index (χ0) is 15.3. The summed E-state index contributed by atoms with van der Waals surface area (Å²) in [4.78, 5) is 27.3. The van der Waals surface area contributed by atoms with Crippen LogP contribution in [0.3, 0.4) is 0 Å². The lowest BCUT2D eigenvalue weighted by atomic mass is 10.1. The van der Waals surface area contributed by atoms with Crippen molar-refractivity contribution in [2.75, 3.05) is 12.3 Å². The second-order valence-corrected chi connectivity index (χ2v) is 5.22. The molecular formula is C14H20N2O4. The summed E-state index contributed by atoms with van der Waals surface area (Å²) >= 11 is 0. The Morgan fingerprint density at radius 1 is 1.35 bits per heavy atom. The second-order valence-electron chi connectivity index (χ2n) is 5.22. The van der Waals surface area contributed by atoms with E-state index in [-0.39, 0.29) is 17.8 Å². The maximum absolute atomic E-state index is 12.0. The molecule has 0 radical (unpaired) electrons. The molecule has 0 aliphatic rings. The summed E-state index contributed by atoms with van der Waals surface area (Å²) in [5, 5.41) is 0. The van der Waals surface area contributed by atoms with E-state index >= 15 is 0 Å². The lowest BCUT2D eigenvalue weighted by Crippen LogP contribution is -2.25. The van der Waals surface area contributed by atoms with Crippen LogP contribution in [0.5, 0.6) is 0 Å². The first kappa shape index (κ1) is 15.9. The maximum atomic E-state index is 12.0. The third kappa shape index (κ3) is 4.53. The average Bonchev–Trinajstić information content (AvgIpc) is 2.29. The number of rotatable bonds is 4. The highest BCUT2D eigenvalue weighted by Crippen LogP contribution is 2.19. The van der Waals surface area contributed by atoms with E-state index in [9.17, 15) is 9.59 Å². The van der Waals surface area contributed by atoms with Crippen LogP contribution in [0.2, 0.25) is 0 Å². The number of hydrogen-bond acceptors (Lipinski definition) is 6. The normalized spacial score (nSPS) is 11.0. The van der Waals surface area contributed by atoms with E-state index in [0.29, 0.717) is 12.2 Å². The predicted molar refractivity (Wildman–Crippen MR) is 74.2 cm³/mol. The molecule has 110 valence electrons. The number of hydrogen-bond donors (Lipinski definition) is 1. The molecule has 1 heterocycles. The minimum Gasteiger partial charge on any atom is -0.466 e. The molecule has 0 aromatic carbocycles. The third-order valence-corrected chi connectivity index (χ3v) is 2.31. The largest absolute Gasteiger partial charge is 0.466 e. The van der Waals surface area contributed by atoms with E-state index in [4.69, 9.17) is 15.2 Å². The molecule has 1 aromatic rings.